The van der Waals surface area contributed by atoms with Crippen LogP contribution in [-0.2, 0) is 12.6 Å². The van der Waals surface area contributed by atoms with Crippen LogP contribution >= 0.6 is 50.1 Å². The van der Waals surface area contributed by atoms with Gasteiger partial charge in [-0.05, 0) is 64.4 Å². The van der Waals surface area contributed by atoms with Crippen molar-refractivity contribution in [2.24, 2.45) is 0 Å². The summed E-state index contributed by atoms with van der Waals surface area (Å²) in [5.41, 5.74) is 1.20. The zero-order valence-electron chi connectivity index (χ0n) is 10.6. The van der Waals surface area contributed by atoms with Crippen molar-refractivity contribution in [1.82, 2.24) is 0 Å². The molecule has 0 nitrogen and oxygen atoms in total. The fraction of sp³-hybridized carbons (Fsp3) is 0.200. The predicted molar refractivity (Wildman–Crippen MR) is 91.0 cm³/mol. The van der Waals surface area contributed by atoms with E-state index in [1.807, 2.05) is 18.2 Å². The average molecular weight is 490 g/mol. The van der Waals surface area contributed by atoms with Crippen molar-refractivity contribution >= 4 is 50.1 Å². The first kappa shape index (κ1) is 17.1. The molecule has 0 radical (unpaired) electrons. The zero-order chi connectivity index (χ0) is 15.6. The first-order valence-electron chi connectivity index (χ1n) is 6.02. The monoisotopic (exact) mass is 488 g/mol. The van der Waals surface area contributed by atoms with E-state index in [-0.39, 0.29) is 4.83 Å². The molecule has 0 fully saturated rings. The number of halogens is 6. The molecule has 0 bridgehead atoms. The molecule has 0 spiro atoms. The fourth-order valence-electron chi connectivity index (χ4n) is 1.86. The molecule has 21 heavy (non-hydrogen) atoms. The van der Waals surface area contributed by atoms with Gasteiger partial charge in [-0.25, -0.2) is 0 Å². The maximum Gasteiger partial charge on any atom is 0.416 e. The van der Waals surface area contributed by atoms with Crippen molar-refractivity contribution < 1.29 is 13.2 Å². The van der Waals surface area contributed by atoms with Gasteiger partial charge in [-0.3, -0.25) is 0 Å². The SMILES string of the molecule is FC(F)(F)c1ccc(CC(Br)c2ccc(I)c(Cl)c2)cc1. The topological polar surface area (TPSA) is 0 Å². The van der Waals surface area contributed by atoms with Crippen LogP contribution in [0.1, 0.15) is 21.5 Å². The van der Waals surface area contributed by atoms with Crippen LogP contribution in [0.2, 0.25) is 5.02 Å². The number of rotatable bonds is 3. The van der Waals surface area contributed by atoms with Gasteiger partial charge in [0.25, 0.3) is 0 Å². The number of benzene rings is 2. The second-order valence-corrected chi connectivity index (χ2v) is 7.21. The van der Waals surface area contributed by atoms with Crippen molar-refractivity contribution in [3.8, 4) is 0 Å². The standard InChI is InChI=1S/C15H10BrClF3I/c16-12(10-3-6-14(21)13(17)8-10)7-9-1-4-11(5-2-9)15(18,19)20/h1-6,8,12H,7H2. The Morgan fingerprint density at radius 2 is 1.71 bits per heavy atom. The Kier molecular flexibility index (Phi) is 5.59. The van der Waals surface area contributed by atoms with Crippen LogP contribution in [-0.4, -0.2) is 0 Å². The van der Waals surface area contributed by atoms with Gasteiger partial charge < -0.3 is 0 Å². The Hall–Kier alpha value is -0.270. The minimum Gasteiger partial charge on any atom is -0.166 e. The van der Waals surface area contributed by atoms with Gasteiger partial charge in [-0.1, -0.05) is 45.7 Å². The molecule has 0 aromatic heterocycles. The summed E-state index contributed by atoms with van der Waals surface area (Å²) in [6.45, 7) is 0. The maximum atomic E-state index is 12.5. The molecule has 2 rings (SSSR count). The Balaban J connectivity index is 2.12. The molecule has 1 unspecified atom stereocenters. The number of hydrogen-bond acceptors (Lipinski definition) is 0. The van der Waals surface area contributed by atoms with E-state index in [4.69, 9.17) is 11.6 Å². The molecule has 0 aliphatic carbocycles. The maximum absolute atomic E-state index is 12.5. The summed E-state index contributed by atoms with van der Waals surface area (Å²) in [5, 5.41) is 0.671. The summed E-state index contributed by atoms with van der Waals surface area (Å²) >= 11 is 11.8. The summed E-state index contributed by atoms with van der Waals surface area (Å²) in [6.07, 6.45) is -3.70. The molecule has 0 N–H and O–H groups in total. The van der Waals surface area contributed by atoms with E-state index in [0.29, 0.717) is 11.4 Å². The van der Waals surface area contributed by atoms with Gasteiger partial charge in [0.05, 0.1) is 10.6 Å². The number of alkyl halides is 4. The van der Waals surface area contributed by atoms with E-state index in [1.54, 1.807) is 0 Å². The third-order valence-electron chi connectivity index (χ3n) is 3.00. The van der Waals surface area contributed by atoms with Gasteiger partial charge in [0, 0.05) is 8.40 Å². The normalized spacial score (nSPS) is 13.2. The lowest BCUT2D eigenvalue weighted by Gasteiger charge is -2.12. The smallest absolute Gasteiger partial charge is 0.166 e. The highest BCUT2D eigenvalue weighted by atomic mass is 127. The highest BCUT2D eigenvalue weighted by Crippen LogP contribution is 2.32. The van der Waals surface area contributed by atoms with Crippen molar-refractivity contribution in [2.45, 2.75) is 17.4 Å². The van der Waals surface area contributed by atoms with Crippen LogP contribution in [0.25, 0.3) is 0 Å². The van der Waals surface area contributed by atoms with Gasteiger partial charge >= 0.3 is 6.18 Å². The molecule has 0 heterocycles. The van der Waals surface area contributed by atoms with Gasteiger partial charge in [0.15, 0.2) is 0 Å². The lowest BCUT2D eigenvalue weighted by molar-refractivity contribution is -0.137. The largest absolute Gasteiger partial charge is 0.416 e. The molecule has 0 aliphatic heterocycles. The summed E-state index contributed by atoms with van der Waals surface area (Å²) in [4.78, 5) is 0.00346. The van der Waals surface area contributed by atoms with Crippen LogP contribution in [0.3, 0.4) is 0 Å². The molecule has 0 aliphatic rings. The molecule has 0 saturated carbocycles. The predicted octanol–water partition coefficient (Wildman–Crippen LogP) is 6.64. The van der Waals surface area contributed by atoms with E-state index >= 15 is 0 Å². The third kappa shape index (κ3) is 4.60. The molecule has 6 heteroatoms. The summed E-state index contributed by atoms with van der Waals surface area (Å²) in [6, 6.07) is 11.0. The van der Waals surface area contributed by atoms with E-state index in [9.17, 15) is 13.2 Å². The lowest BCUT2D eigenvalue weighted by atomic mass is 10.0. The van der Waals surface area contributed by atoms with E-state index in [2.05, 4.69) is 38.5 Å². The molecule has 1 atom stereocenters. The molecular weight excluding hydrogens is 479 g/mol. The Morgan fingerprint density at radius 3 is 2.24 bits per heavy atom. The van der Waals surface area contributed by atoms with Crippen LogP contribution in [0, 0.1) is 3.57 Å². The third-order valence-corrected chi connectivity index (χ3v) is 5.43. The zero-order valence-corrected chi connectivity index (χ0v) is 15.1. The van der Waals surface area contributed by atoms with Gasteiger partial charge in [-0.15, -0.1) is 0 Å². The average Bonchev–Trinajstić information content (AvgIpc) is 2.41. The minimum atomic E-state index is -4.30. The fourth-order valence-corrected chi connectivity index (χ4v) is 3.04. The quantitative estimate of drug-likeness (QED) is 0.335. The van der Waals surface area contributed by atoms with Gasteiger partial charge in [-0.2, -0.15) is 13.2 Å². The molecule has 112 valence electrons. The first-order valence-corrected chi connectivity index (χ1v) is 8.40. The molecule has 0 amide bonds. The highest BCUT2D eigenvalue weighted by molar-refractivity contribution is 14.1. The number of hydrogen-bond donors (Lipinski definition) is 0. The highest BCUT2D eigenvalue weighted by Gasteiger charge is 2.29. The summed E-state index contributed by atoms with van der Waals surface area (Å²) in [5.74, 6) is 0. The minimum absolute atomic E-state index is 0.00346. The van der Waals surface area contributed by atoms with Crippen molar-refractivity contribution in [2.75, 3.05) is 0 Å². The summed E-state index contributed by atoms with van der Waals surface area (Å²) < 4.78 is 38.5. The van der Waals surface area contributed by atoms with E-state index in [0.717, 1.165) is 26.8 Å². The Morgan fingerprint density at radius 1 is 1.10 bits per heavy atom. The molecular formula is C15H10BrClF3I. The Labute approximate surface area is 148 Å². The second kappa shape index (κ2) is 6.87. The van der Waals surface area contributed by atoms with Crippen LogP contribution in [0.4, 0.5) is 13.2 Å². The van der Waals surface area contributed by atoms with Crippen LogP contribution < -0.4 is 0 Å². The second-order valence-electron chi connectivity index (χ2n) is 4.54. The van der Waals surface area contributed by atoms with Crippen molar-refractivity contribution in [3.05, 3.63) is 67.7 Å². The van der Waals surface area contributed by atoms with Crippen LogP contribution in [0.15, 0.2) is 42.5 Å². The molecule has 2 aromatic rings. The van der Waals surface area contributed by atoms with E-state index < -0.39 is 11.7 Å². The van der Waals surface area contributed by atoms with Crippen molar-refractivity contribution in [3.63, 3.8) is 0 Å². The lowest BCUT2D eigenvalue weighted by Crippen LogP contribution is -2.05. The van der Waals surface area contributed by atoms with E-state index in [1.165, 1.54) is 12.1 Å². The molecule has 0 saturated heterocycles. The van der Waals surface area contributed by atoms with Gasteiger partial charge in [0.1, 0.15) is 0 Å². The van der Waals surface area contributed by atoms with Crippen LogP contribution in [0.5, 0.6) is 0 Å². The Bertz CT molecular complexity index is 626. The van der Waals surface area contributed by atoms with Crippen molar-refractivity contribution in [1.29, 1.82) is 0 Å². The van der Waals surface area contributed by atoms with Gasteiger partial charge in [0.2, 0.25) is 0 Å². The molecule has 2 aromatic carbocycles. The first-order chi connectivity index (χ1) is 9.77. The summed E-state index contributed by atoms with van der Waals surface area (Å²) in [7, 11) is 0.